The summed E-state index contributed by atoms with van der Waals surface area (Å²) in [5.74, 6) is 0. The number of hydrogen-bond donors (Lipinski definition) is 1. The van der Waals surface area contributed by atoms with E-state index in [0.717, 1.165) is 39.0 Å². The molecule has 1 aliphatic rings. The van der Waals surface area contributed by atoms with E-state index in [0.29, 0.717) is 6.04 Å². The molecule has 1 aromatic heterocycles. The number of rotatable bonds is 5. The molecule has 0 aromatic carbocycles. The Hall–Kier alpha value is -0.610. The molecule has 1 fully saturated rings. The first kappa shape index (κ1) is 18.4. The van der Waals surface area contributed by atoms with E-state index in [1.807, 2.05) is 18.5 Å². The third-order valence-electron chi connectivity index (χ3n) is 3.33. The van der Waals surface area contributed by atoms with E-state index in [2.05, 4.69) is 33.9 Å². The summed E-state index contributed by atoms with van der Waals surface area (Å²) >= 11 is 0. The van der Waals surface area contributed by atoms with E-state index in [9.17, 15) is 0 Å². The molecule has 3 nitrogen and oxygen atoms in total. The molecule has 1 N–H and O–H groups in total. The Balaban J connectivity index is 0.00000162. The van der Waals surface area contributed by atoms with E-state index < -0.39 is 0 Å². The minimum absolute atomic E-state index is 0. The van der Waals surface area contributed by atoms with E-state index in [1.54, 1.807) is 0 Å². The Morgan fingerprint density at radius 2 is 1.89 bits per heavy atom. The van der Waals surface area contributed by atoms with Crippen LogP contribution < -0.4 is 5.32 Å². The fourth-order valence-electron chi connectivity index (χ4n) is 2.42. The predicted molar refractivity (Wildman–Crippen MR) is 85.3 cm³/mol. The Bertz CT molecular complexity index is 340. The topological polar surface area (TPSA) is 28.2 Å². The van der Waals surface area contributed by atoms with Crippen molar-refractivity contribution in [1.29, 1.82) is 0 Å². The highest BCUT2D eigenvalue weighted by atomic mass is 35.5. The largest absolute Gasteiger partial charge is 0.314 e. The first-order valence-corrected chi connectivity index (χ1v) is 6.37. The standard InChI is InChI=1S/C14H21N3.2ClH/c1-2-3-4-14(13-5-7-15-8-6-13)17-11-9-16-10-12-17;;/h2,5-8,14,16H,1,3-4,9-12H2;2*1H/t14-;;/m1../s1. The summed E-state index contributed by atoms with van der Waals surface area (Å²) in [5.41, 5.74) is 1.38. The molecule has 19 heavy (non-hydrogen) atoms. The van der Waals surface area contributed by atoms with Crippen LogP contribution in [0.25, 0.3) is 0 Å². The van der Waals surface area contributed by atoms with Crippen LogP contribution in [0.3, 0.4) is 0 Å². The fourth-order valence-corrected chi connectivity index (χ4v) is 2.42. The number of hydrogen-bond acceptors (Lipinski definition) is 3. The number of aromatic nitrogens is 1. The van der Waals surface area contributed by atoms with E-state index in [1.165, 1.54) is 5.56 Å². The van der Waals surface area contributed by atoms with Gasteiger partial charge in [-0.25, -0.2) is 0 Å². The van der Waals surface area contributed by atoms with Crippen molar-refractivity contribution in [3.8, 4) is 0 Å². The number of nitrogens with one attached hydrogen (secondary N) is 1. The lowest BCUT2D eigenvalue weighted by Gasteiger charge is -2.35. The summed E-state index contributed by atoms with van der Waals surface area (Å²) < 4.78 is 0. The van der Waals surface area contributed by atoms with Gasteiger partial charge in [0, 0.05) is 44.6 Å². The zero-order valence-corrected chi connectivity index (χ0v) is 12.8. The molecule has 2 heterocycles. The van der Waals surface area contributed by atoms with Gasteiger partial charge in [-0.1, -0.05) is 6.08 Å². The van der Waals surface area contributed by atoms with Crippen molar-refractivity contribution in [2.24, 2.45) is 0 Å². The average molecular weight is 304 g/mol. The molecule has 0 amide bonds. The van der Waals surface area contributed by atoms with E-state index in [-0.39, 0.29) is 24.8 Å². The summed E-state index contributed by atoms with van der Waals surface area (Å²) in [7, 11) is 0. The van der Waals surface area contributed by atoms with Crippen molar-refractivity contribution in [2.75, 3.05) is 26.2 Å². The van der Waals surface area contributed by atoms with Gasteiger partial charge in [-0.15, -0.1) is 31.4 Å². The van der Waals surface area contributed by atoms with Gasteiger partial charge in [0.25, 0.3) is 0 Å². The molecular weight excluding hydrogens is 281 g/mol. The molecule has 5 heteroatoms. The number of piperazine rings is 1. The SMILES string of the molecule is C=CCC[C@H](c1ccncc1)N1CCNCC1.Cl.Cl. The number of allylic oxidation sites excluding steroid dienone is 1. The van der Waals surface area contributed by atoms with Crippen LogP contribution in [0.15, 0.2) is 37.2 Å². The predicted octanol–water partition coefficient (Wildman–Crippen LogP) is 2.84. The Morgan fingerprint density at radius 1 is 1.26 bits per heavy atom. The maximum absolute atomic E-state index is 4.10. The molecule has 1 saturated heterocycles. The van der Waals surface area contributed by atoms with Crippen LogP contribution in [0, 0.1) is 0 Å². The normalized spacial score (nSPS) is 16.8. The highest BCUT2D eigenvalue weighted by Crippen LogP contribution is 2.25. The molecule has 1 aromatic rings. The van der Waals surface area contributed by atoms with E-state index in [4.69, 9.17) is 0 Å². The number of nitrogens with zero attached hydrogens (tertiary/aromatic N) is 2. The lowest BCUT2D eigenvalue weighted by atomic mass is 10.0. The molecule has 2 rings (SSSR count). The van der Waals surface area contributed by atoms with Crippen LogP contribution in [-0.2, 0) is 0 Å². The number of halogens is 2. The number of pyridine rings is 1. The highest BCUT2D eigenvalue weighted by molar-refractivity contribution is 5.85. The van der Waals surface area contributed by atoms with Crippen molar-refractivity contribution in [1.82, 2.24) is 15.2 Å². The van der Waals surface area contributed by atoms with Gasteiger partial charge < -0.3 is 5.32 Å². The van der Waals surface area contributed by atoms with Gasteiger partial charge in [-0.3, -0.25) is 9.88 Å². The molecule has 1 atom stereocenters. The van der Waals surface area contributed by atoms with Crippen LogP contribution in [0.1, 0.15) is 24.4 Å². The van der Waals surface area contributed by atoms with Crippen molar-refractivity contribution < 1.29 is 0 Å². The molecule has 0 spiro atoms. The lowest BCUT2D eigenvalue weighted by Crippen LogP contribution is -2.45. The maximum Gasteiger partial charge on any atom is 0.0353 e. The zero-order valence-electron chi connectivity index (χ0n) is 11.1. The van der Waals surface area contributed by atoms with Gasteiger partial charge in [-0.05, 0) is 30.5 Å². The minimum atomic E-state index is 0. The van der Waals surface area contributed by atoms with Crippen molar-refractivity contribution in [2.45, 2.75) is 18.9 Å². The molecule has 0 aliphatic carbocycles. The highest BCUT2D eigenvalue weighted by Gasteiger charge is 2.21. The molecule has 108 valence electrons. The summed E-state index contributed by atoms with van der Waals surface area (Å²) in [5, 5.41) is 3.40. The Morgan fingerprint density at radius 3 is 2.47 bits per heavy atom. The summed E-state index contributed by atoms with van der Waals surface area (Å²) in [6.07, 6.45) is 8.00. The van der Waals surface area contributed by atoms with Crippen molar-refractivity contribution in [3.63, 3.8) is 0 Å². The average Bonchev–Trinajstić information content (AvgIpc) is 2.42. The van der Waals surface area contributed by atoms with Gasteiger partial charge in [0.1, 0.15) is 0 Å². The molecule has 0 radical (unpaired) electrons. The van der Waals surface area contributed by atoms with Crippen molar-refractivity contribution in [3.05, 3.63) is 42.7 Å². The van der Waals surface area contributed by atoms with Gasteiger partial charge in [0.05, 0.1) is 0 Å². The quantitative estimate of drug-likeness (QED) is 0.848. The van der Waals surface area contributed by atoms with Crippen LogP contribution in [0.4, 0.5) is 0 Å². The second-order valence-electron chi connectivity index (χ2n) is 4.45. The minimum Gasteiger partial charge on any atom is -0.314 e. The van der Waals surface area contributed by atoms with Crippen LogP contribution >= 0.6 is 24.8 Å². The molecule has 0 saturated carbocycles. The summed E-state index contributed by atoms with van der Waals surface area (Å²) in [6, 6.07) is 4.78. The molecule has 0 bridgehead atoms. The van der Waals surface area contributed by atoms with Gasteiger partial charge in [-0.2, -0.15) is 0 Å². The van der Waals surface area contributed by atoms with Crippen LogP contribution in [0.2, 0.25) is 0 Å². The summed E-state index contributed by atoms with van der Waals surface area (Å²) in [6.45, 7) is 8.27. The monoisotopic (exact) mass is 303 g/mol. The molecular formula is C14H23Cl2N3. The Kier molecular flexibility index (Phi) is 9.88. The second-order valence-corrected chi connectivity index (χ2v) is 4.45. The smallest absolute Gasteiger partial charge is 0.0353 e. The van der Waals surface area contributed by atoms with Crippen LogP contribution in [0.5, 0.6) is 0 Å². The Labute approximate surface area is 128 Å². The van der Waals surface area contributed by atoms with Gasteiger partial charge in [0.15, 0.2) is 0 Å². The van der Waals surface area contributed by atoms with E-state index >= 15 is 0 Å². The maximum atomic E-state index is 4.10. The third kappa shape index (κ3) is 5.49. The van der Waals surface area contributed by atoms with Gasteiger partial charge >= 0.3 is 0 Å². The summed E-state index contributed by atoms with van der Waals surface area (Å²) in [4.78, 5) is 6.67. The first-order chi connectivity index (χ1) is 8.42. The first-order valence-electron chi connectivity index (χ1n) is 6.37. The zero-order chi connectivity index (χ0) is 11.9. The van der Waals surface area contributed by atoms with Crippen LogP contribution in [-0.4, -0.2) is 36.1 Å². The fraction of sp³-hybridized carbons (Fsp3) is 0.500. The second kappa shape index (κ2) is 10.2. The third-order valence-corrected chi connectivity index (χ3v) is 3.33. The van der Waals surface area contributed by atoms with Crippen molar-refractivity contribution >= 4 is 24.8 Å². The van der Waals surface area contributed by atoms with Gasteiger partial charge in [0.2, 0.25) is 0 Å². The molecule has 0 unspecified atom stereocenters. The lowest BCUT2D eigenvalue weighted by molar-refractivity contribution is 0.166. The molecule has 1 aliphatic heterocycles.